The largest absolute Gasteiger partial charge is 0.465 e. The first-order chi connectivity index (χ1) is 8.08. The lowest BCUT2D eigenvalue weighted by atomic mass is 9.96. The van der Waals surface area contributed by atoms with E-state index >= 15 is 0 Å². The highest BCUT2D eigenvalue weighted by Gasteiger charge is 2.17. The van der Waals surface area contributed by atoms with Crippen LogP contribution in [-0.2, 0) is 0 Å². The SMILES string of the molecule is Cc1cc(Br)ccc1C1=CCN(C(=O)O)CC1. The molecule has 1 aromatic rings. The Morgan fingerprint density at radius 3 is 2.76 bits per heavy atom. The van der Waals surface area contributed by atoms with E-state index in [9.17, 15) is 4.79 Å². The van der Waals surface area contributed by atoms with Crippen molar-refractivity contribution in [2.45, 2.75) is 13.3 Å². The van der Waals surface area contributed by atoms with Gasteiger partial charge in [0.25, 0.3) is 0 Å². The summed E-state index contributed by atoms with van der Waals surface area (Å²) in [7, 11) is 0. The molecule has 1 amide bonds. The van der Waals surface area contributed by atoms with Crippen molar-refractivity contribution < 1.29 is 9.90 Å². The molecule has 0 saturated carbocycles. The van der Waals surface area contributed by atoms with Crippen molar-refractivity contribution >= 4 is 27.6 Å². The van der Waals surface area contributed by atoms with Crippen molar-refractivity contribution in [2.75, 3.05) is 13.1 Å². The van der Waals surface area contributed by atoms with Crippen LogP contribution in [-0.4, -0.2) is 29.2 Å². The third-order valence-electron chi connectivity index (χ3n) is 3.01. The summed E-state index contributed by atoms with van der Waals surface area (Å²) in [5.74, 6) is 0. The van der Waals surface area contributed by atoms with Gasteiger partial charge in [-0.3, -0.25) is 0 Å². The Hall–Kier alpha value is -1.29. The molecule has 0 aromatic heterocycles. The van der Waals surface area contributed by atoms with E-state index in [1.165, 1.54) is 21.6 Å². The van der Waals surface area contributed by atoms with Gasteiger partial charge in [0.15, 0.2) is 0 Å². The number of aryl methyl sites for hydroxylation is 1. The molecule has 2 rings (SSSR count). The summed E-state index contributed by atoms with van der Waals surface area (Å²) in [4.78, 5) is 12.2. The zero-order valence-corrected chi connectivity index (χ0v) is 11.2. The number of carboxylic acid groups (broad SMARTS) is 1. The van der Waals surface area contributed by atoms with E-state index in [2.05, 4.69) is 35.0 Å². The highest BCUT2D eigenvalue weighted by molar-refractivity contribution is 9.10. The number of hydrogen-bond donors (Lipinski definition) is 1. The van der Waals surface area contributed by atoms with Gasteiger partial charge < -0.3 is 10.0 Å². The minimum Gasteiger partial charge on any atom is -0.465 e. The molecular formula is C13H14BrNO2. The maximum Gasteiger partial charge on any atom is 0.407 e. The lowest BCUT2D eigenvalue weighted by Crippen LogP contribution is -2.33. The number of rotatable bonds is 1. The molecule has 17 heavy (non-hydrogen) atoms. The fourth-order valence-corrected chi connectivity index (χ4v) is 2.55. The minimum absolute atomic E-state index is 0.486. The number of hydrogen-bond acceptors (Lipinski definition) is 1. The molecule has 0 spiro atoms. The topological polar surface area (TPSA) is 40.5 Å². The average molecular weight is 296 g/mol. The molecular weight excluding hydrogens is 282 g/mol. The molecule has 0 radical (unpaired) electrons. The molecule has 1 N–H and O–H groups in total. The van der Waals surface area contributed by atoms with Crippen LogP contribution in [0, 0.1) is 6.92 Å². The molecule has 0 aliphatic carbocycles. The number of halogens is 1. The van der Waals surface area contributed by atoms with Crippen LogP contribution in [0.3, 0.4) is 0 Å². The average Bonchev–Trinajstić information content (AvgIpc) is 2.29. The van der Waals surface area contributed by atoms with E-state index in [0.29, 0.717) is 13.1 Å². The first kappa shape index (κ1) is 12.2. The van der Waals surface area contributed by atoms with Crippen LogP contribution in [0.25, 0.3) is 5.57 Å². The minimum atomic E-state index is -0.840. The number of nitrogens with zero attached hydrogens (tertiary/aromatic N) is 1. The highest BCUT2D eigenvalue weighted by Crippen LogP contribution is 2.27. The van der Waals surface area contributed by atoms with E-state index in [4.69, 9.17) is 5.11 Å². The van der Waals surface area contributed by atoms with Crippen LogP contribution in [0.1, 0.15) is 17.5 Å². The van der Waals surface area contributed by atoms with Crippen LogP contribution in [0.2, 0.25) is 0 Å². The molecule has 0 bridgehead atoms. The molecule has 3 nitrogen and oxygen atoms in total. The number of carbonyl (C=O) groups is 1. The summed E-state index contributed by atoms with van der Waals surface area (Å²) in [6.07, 6.45) is 1.95. The molecule has 4 heteroatoms. The van der Waals surface area contributed by atoms with E-state index < -0.39 is 6.09 Å². The Kier molecular flexibility index (Phi) is 3.52. The van der Waals surface area contributed by atoms with Gasteiger partial charge in [0.2, 0.25) is 0 Å². The zero-order valence-electron chi connectivity index (χ0n) is 9.61. The Morgan fingerprint density at radius 1 is 1.47 bits per heavy atom. The summed E-state index contributed by atoms with van der Waals surface area (Å²) in [5, 5.41) is 8.88. The second kappa shape index (κ2) is 4.92. The Bertz CT molecular complexity index is 482. The van der Waals surface area contributed by atoms with Gasteiger partial charge in [0.1, 0.15) is 0 Å². The lowest BCUT2D eigenvalue weighted by Gasteiger charge is -2.24. The van der Waals surface area contributed by atoms with Crippen LogP contribution in [0.5, 0.6) is 0 Å². The van der Waals surface area contributed by atoms with Gasteiger partial charge in [-0.25, -0.2) is 4.79 Å². The van der Waals surface area contributed by atoms with Crippen LogP contribution in [0.4, 0.5) is 4.79 Å². The molecule has 1 heterocycles. The lowest BCUT2D eigenvalue weighted by molar-refractivity contribution is 0.150. The van der Waals surface area contributed by atoms with Gasteiger partial charge in [0.05, 0.1) is 0 Å². The molecule has 0 unspecified atom stereocenters. The van der Waals surface area contributed by atoms with Gasteiger partial charge in [0, 0.05) is 17.6 Å². The molecule has 0 atom stereocenters. The Labute approximate surface area is 109 Å². The molecule has 90 valence electrons. The molecule has 1 aromatic carbocycles. The van der Waals surface area contributed by atoms with Gasteiger partial charge >= 0.3 is 6.09 Å². The fraction of sp³-hybridized carbons (Fsp3) is 0.308. The second-order valence-corrected chi connectivity index (χ2v) is 5.08. The van der Waals surface area contributed by atoms with Crippen LogP contribution in [0.15, 0.2) is 28.7 Å². The van der Waals surface area contributed by atoms with Crippen molar-refractivity contribution in [3.63, 3.8) is 0 Å². The maximum absolute atomic E-state index is 10.8. The third kappa shape index (κ3) is 2.69. The summed E-state index contributed by atoms with van der Waals surface area (Å²) in [6.45, 7) is 3.14. The smallest absolute Gasteiger partial charge is 0.407 e. The normalized spacial score (nSPS) is 15.6. The van der Waals surface area contributed by atoms with E-state index in [1.54, 1.807) is 0 Å². The molecule has 1 aliphatic rings. The van der Waals surface area contributed by atoms with Crippen molar-refractivity contribution in [1.29, 1.82) is 0 Å². The fourth-order valence-electron chi connectivity index (χ4n) is 2.07. The summed E-state index contributed by atoms with van der Waals surface area (Å²) >= 11 is 3.44. The van der Waals surface area contributed by atoms with Crippen LogP contribution < -0.4 is 0 Å². The molecule has 0 fully saturated rings. The predicted molar refractivity (Wildman–Crippen MR) is 71.1 cm³/mol. The van der Waals surface area contributed by atoms with Crippen molar-refractivity contribution in [2.24, 2.45) is 0 Å². The first-order valence-corrected chi connectivity index (χ1v) is 6.30. The highest BCUT2D eigenvalue weighted by atomic mass is 79.9. The Balaban J connectivity index is 2.22. The van der Waals surface area contributed by atoms with E-state index in [1.807, 2.05) is 12.1 Å². The summed E-state index contributed by atoms with van der Waals surface area (Å²) in [6, 6.07) is 6.19. The van der Waals surface area contributed by atoms with Crippen molar-refractivity contribution in [1.82, 2.24) is 4.90 Å². The van der Waals surface area contributed by atoms with Crippen LogP contribution >= 0.6 is 15.9 Å². The van der Waals surface area contributed by atoms with Gasteiger partial charge in [-0.15, -0.1) is 0 Å². The number of amides is 1. The summed E-state index contributed by atoms with van der Waals surface area (Å²) < 4.78 is 1.07. The van der Waals surface area contributed by atoms with Gasteiger partial charge in [-0.2, -0.15) is 0 Å². The second-order valence-electron chi connectivity index (χ2n) is 4.17. The number of benzene rings is 1. The van der Waals surface area contributed by atoms with Crippen molar-refractivity contribution in [3.8, 4) is 0 Å². The predicted octanol–water partition coefficient (Wildman–Crippen LogP) is 3.52. The zero-order chi connectivity index (χ0) is 12.4. The standard InChI is InChI=1S/C13H14BrNO2/c1-9-8-11(14)2-3-12(9)10-4-6-15(7-5-10)13(16)17/h2-4,8H,5-7H2,1H3,(H,16,17). The Morgan fingerprint density at radius 2 is 2.24 bits per heavy atom. The van der Waals surface area contributed by atoms with E-state index in [0.717, 1.165) is 10.9 Å². The van der Waals surface area contributed by atoms with E-state index in [-0.39, 0.29) is 0 Å². The monoisotopic (exact) mass is 295 g/mol. The summed E-state index contributed by atoms with van der Waals surface area (Å²) in [5.41, 5.74) is 3.68. The van der Waals surface area contributed by atoms with Crippen molar-refractivity contribution in [3.05, 3.63) is 39.9 Å². The molecule has 1 aliphatic heterocycles. The van der Waals surface area contributed by atoms with Gasteiger partial charge in [-0.05, 0) is 42.2 Å². The first-order valence-electron chi connectivity index (χ1n) is 5.51. The van der Waals surface area contributed by atoms with Gasteiger partial charge in [-0.1, -0.05) is 28.1 Å². The maximum atomic E-state index is 10.8. The molecule has 0 saturated heterocycles. The quantitative estimate of drug-likeness (QED) is 0.861. The third-order valence-corrected chi connectivity index (χ3v) is 3.51.